The third-order valence-corrected chi connectivity index (χ3v) is 4.25. The third kappa shape index (κ3) is 6.03. The molecule has 0 spiro atoms. The molecule has 0 bridgehead atoms. The van der Waals surface area contributed by atoms with E-state index in [-0.39, 0.29) is 4.99 Å². The van der Waals surface area contributed by atoms with Crippen molar-refractivity contribution in [1.82, 2.24) is 9.62 Å². The number of nitrogens with zero attached hydrogens (tertiary/aromatic N) is 1. The van der Waals surface area contributed by atoms with Crippen LogP contribution in [0.5, 0.6) is 0 Å². The molecule has 0 radical (unpaired) electrons. The van der Waals surface area contributed by atoms with Crippen molar-refractivity contribution in [2.75, 3.05) is 27.2 Å². The Bertz CT molecular complexity index is 301. The average molecular weight is 253 g/mol. The molecule has 0 heterocycles. The van der Waals surface area contributed by atoms with Gasteiger partial charge in [-0.1, -0.05) is 12.2 Å². The lowest BCUT2D eigenvalue weighted by molar-refractivity contribution is 0.400. The highest BCUT2D eigenvalue weighted by molar-refractivity contribution is 7.93. The lowest BCUT2D eigenvalue weighted by Gasteiger charge is -2.13. The van der Waals surface area contributed by atoms with Gasteiger partial charge in [-0.05, 0) is 34.0 Å². The first-order chi connectivity index (χ1) is 6.77. The monoisotopic (exact) mass is 253 g/mol. The minimum absolute atomic E-state index is 0.00453. The summed E-state index contributed by atoms with van der Waals surface area (Å²) >= 11 is 4.64. The van der Waals surface area contributed by atoms with Gasteiger partial charge in [0.25, 0.3) is 0 Å². The van der Waals surface area contributed by atoms with Gasteiger partial charge in [0, 0.05) is 6.54 Å². The zero-order chi connectivity index (χ0) is 12.1. The molecule has 0 aromatic rings. The van der Waals surface area contributed by atoms with Crippen LogP contribution >= 0.6 is 12.2 Å². The van der Waals surface area contributed by atoms with Gasteiger partial charge in [-0.3, -0.25) is 0 Å². The van der Waals surface area contributed by atoms with E-state index in [2.05, 4.69) is 16.9 Å². The second-order valence-corrected chi connectivity index (χ2v) is 6.20. The Balaban J connectivity index is 4.01. The number of hydrogen-bond acceptors (Lipinski definition) is 4. The lowest BCUT2D eigenvalue weighted by Crippen LogP contribution is -2.40. The smallest absolute Gasteiger partial charge is 0.220 e. The molecule has 0 saturated heterocycles. The standard InChI is InChI=1S/C8H19N3O2S2/c1-7(8(9)14)15(12,13)10-5-4-6-11(2)3/h7,10H,4-6H2,1-3H3,(H2,9,14). The summed E-state index contributed by atoms with van der Waals surface area (Å²) in [6.45, 7) is 2.73. The van der Waals surface area contributed by atoms with Gasteiger partial charge < -0.3 is 10.6 Å². The second-order valence-electron chi connectivity index (χ2n) is 3.64. The zero-order valence-electron chi connectivity index (χ0n) is 9.36. The summed E-state index contributed by atoms with van der Waals surface area (Å²) in [5, 5.41) is -0.813. The molecule has 0 amide bonds. The van der Waals surface area contributed by atoms with Crippen molar-refractivity contribution in [3.05, 3.63) is 0 Å². The molecular weight excluding hydrogens is 234 g/mol. The Morgan fingerprint density at radius 1 is 1.53 bits per heavy atom. The first-order valence-corrected chi connectivity index (χ1v) is 6.65. The fraction of sp³-hybridized carbons (Fsp3) is 0.875. The molecule has 0 saturated carbocycles. The number of sulfonamides is 1. The van der Waals surface area contributed by atoms with Crippen molar-refractivity contribution in [3.8, 4) is 0 Å². The Kier molecular flexibility index (Phi) is 6.26. The minimum atomic E-state index is -3.39. The highest BCUT2D eigenvalue weighted by Crippen LogP contribution is 1.98. The maximum absolute atomic E-state index is 11.5. The Morgan fingerprint density at radius 2 is 2.07 bits per heavy atom. The van der Waals surface area contributed by atoms with Crippen LogP contribution in [0.1, 0.15) is 13.3 Å². The molecule has 0 aliphatic carbocycles. The van der Waals surface area contributed by atoms with Crippen molar-refractivity contribution < 1.29 is 8.42 Å². The van der Waals surface area contributed by atoms with E-state index in [0.717, 1.165) is 13.0 Å². The molecule has 0 fully saturated rings. The molecule has 5 nitrogen and oxygen atoms in total. The summed E-state index contributed by atoms with van der Waals surface area (Å²) in [7, 11) is 0.481. The summed E-state index contributed by atoms with van der Waals surface area (Å²) in [5.74, 6) is 0. The number of thiocarbonyl (C=S) groups is 1. The number of hydrogen-bond donors (Lipinski definition) is 2. The van der Waals surface area contributed by atoms with Crippen LogP contribution in [0.25, 0.3) is 0 Å². The first kappa shape index (κ1) is 14.8. The lowest BCUT2D eigenvalue weighted by atomic mass is 10.4. The summed E-state index contributed by atoms with van der Waals surface area (Å²) < 4.78 is 25.5. The number of rotatable bonds is 7. The summed E-state index contributed by atoms with van der Waals surface area (Å²) in [4.78, 5) is 1.99. The van der Waals surface area contributed by atoms with E-state index < -0.39 is 15.3 Å². The van der Waals surface area contributed by atoms with E-state index in [1.165, 1.54) is 6.92 Å². The second kappa shape index (κ2) is 6.37. The van der Waals surface area contributed by atoms with Gasteiger partial charge in [-0.15, -0.1) is 0 Å². The van der Waals surface area contributed by atoms with Crippen LogP contribution in [0, 0.1) is 0 Å². The molecule has 0 rings (SSSR count). The van der Waals surface area contributed by atoms with Crippen LogP contribution in [-0.4, -0.2) is 50.7 Å². The van der Waals surface area contributed by atoms with Gasteiger partial charge in [0.05, 0.1) is 4.99 Å². The molecule has 1 atom stereocenters. The molecule has 0 aromatic carbocycles. The highest BCUT2D eigenvalue weighted by atomic mass is 32.2. The molecule has 0 aromatic heterocycles. The van der Waals surface area contributed by atoms with Gasteiger partial charge in [0.2, 0.25) is 10.0 Å². The van der Waals surface area contributed by atoms with E-state index in [9.17, 15) is 8.42 Å². The molecule has 3 N–H and O–H groups in total. The maximum atomic E-state index is 11.5. The number of nitrogens with one attached hydrogen (secondary N) is 1. The topological polar surface area (TPSA) is 75.4 Å². The van der Waals surface area contributed by atoms with Crippen LogP contribution in [0.3, 0.4) is 0 Å². The predicted molar refractivity (Wildman–Crippen MR) is 66.3 cm³/mol. The van der Waals surface area contributed by atoms with Gasteiger partial charge >= 0.3 is 0 Å². The molecular formula is C8H19N3O2S2. The molecule has 1 unspecified atom stereocenters. The Morgan fingerprint density at radius 3 is 2.47 bits per heavy atom. The molecule has 0 aliphatic rings. The first-order valence-electron chi connectivity index (χ1n) is 4.70. The Labute approximate surface area is 97.1 Å². The molecule has 0 aliphatic heterocycles. The zero-order valence-corrected chi connectivity index (χ0v) is 11.0. The van der Waals surface area contributed by atoms with E-state index in [1.807, 2.05) is 19.0 Å². The van der Waals surface area contributed by atoms with E-state index in [1.54, 1.807) is 0 Å². The summed E-state index contributed by atoms with van der Waals surface area (Å²) in [6, 6.07) is 0. The molecule has 90 valence electrons. The van der Waals surface area contributed by atoms with Crippen molar-refractivity contribution in [2.24, 2.45) is 5.73 Å². The quantitative estimate of drug-likeness (QED) is 0.474. The van der Waals surface area contributed by atoms with Crippen molar-refractivity contribution in [2.45, 2.75) is 18.6 Å². The van der Waals surface area contributed by atoms with Crippen molar-refractivity contribution >= 4 is 27.2 Å². The van der Waals surface area contributed by atoms with E-state index in [0.29, 0.717) is 6.54 Å². The Hall–Kier alpha value is -0.240. The number of nitrogens with two attached hydrogens (primary N) is 1. The molecule has 7 heteroatoms. The van der Waals surface area contributed by atoms with E-state index >= 15 is 0 Å². The molecule has 15 heavy (non-hydrogen) atoms. The minimum Gasteiger partial charge on any atom is -0.392 e. The third-order valence-electron chi connectivity index (χ3n) is 1.95. The SMILES string of the molecule is CC(C(N)=S)S(=O)(=O)NCCCN(C)C. The van der Waals surface area contributed by atoms with Gasteiger partial charge in [0.1, 0.15) is 5.25 Å². The highest BCUT2D eigenvalue weighted by Gasteiger charge is 2.22. The van der Waals surface area contributed by atoms with Crippen LogP contribution < -0.4 is 10.5 Å². The van der Waals surface area contributed by atoms with Crippen LogP contribution in [0.2, 0.25) is 0 Å². The van der Waals surface area contributed by atoms with E-state index in [4.69, 9.17) is 5.73 Å². The van der Waals surface area contributed by atoms with Gasteiger partial charge in [-0.25, -0.2) is 13.1 Å². The fourth-order valence-corrected chi connectivity index (χ4v) is 2.25. The van der Waals surface area contributed by atoms with Crippen LogP contribution in [-0.2, 0) is 10.0 Å². The van der Waals surface area contributed by atoms with Crippen LogP contribution in [0.4, 0.5) is 0 Å². The summed E-state index contributed by atoms with van der Waals surface area (Å²) in [6.07, 6.45) is 0.760. The predicted octanol–water partition coefficient (Wildman–Crippen LogP) is -0.468. The van der Waals surface area contributed by atoms with Gasteiger partial charge in [0.15, 0.2) is 0 Å². The fourth-order valence-electron chi connectivity index (χ4n) is 0.888. The van der Waals surface area contributed by atoms with Crippen LogP contribution in [0.15, 0.2) is 0 Å². The maximum Gasteiger partial charge on any atom is 0.220 e. The largest absolute Gasteiger partial charge is 0.392 e. The average Bonchev–Trinajstić information content (AvgIpc) is 2.10. The van der Waals surface area contributed by atoms with Crippen molar-refractivity contribution in [3.63, 3.8) is 0 Å². The van der Waals surface area contributed by atoms with Crippen molar-refractivity contribution in [1.29, 1.82) is 0 Å². The van der Waals surface area contributed by atoms with Gasteiger partial charge in [-0.2, -0.15) is 0 Å². The summed E-state index contributed by atoms with van der Waals surface area (Å²) in [5.41, 5.74) is 5.28. The normalized spacial score (nSPS) is 14.1.